The van der Waals surface area contributed by atoms with Crippen molar-refractivity contribution in [1.82, 2.24) is 24.7 Å². The van der Waals surface area contributed by atoms with Crippen LogP contribution in [-0.4, -0.2) is 63.3 Å². The van der Waals surface area contributed by atoms with Gasteiger partial charge in [0.25, 0.3) is 11.5 Å². The molecule has 0 spiro atoms. The Kier molecular flexibility index (Phi) is 7.02. The normalized spacial score (nSPS) is 11.1. The molecule has 0 bridgehead atoms. The van der Waals surface area contributed by atoms with Crippen LogP contribution in [0.15, 0.2) is 29.1 Å². The first kappa shape index (κ1) is 24.5. The molecule has 1 aromatic heterocycles. The summed E-state index contributed by atoms with van der Waals surface area (Å²) in [7, 11) is 5.56. The van der Waals surface area contributed by atoms with E-state index >= 15 is 0 Å². The smallest absolute Gasteiger partial charge is 0.312 e. The summed E-state index contributed by atoms with van der Waals surface area (Å²) in [5, 5.41) is 12.7. The summed E-state index contributed by atoms with van der Waals surface area (Å²) < 4.78 is 14.0. The lowest BCUT2D eigenvalue weighted by Gasteiger charge is -2.36. The molecule has 0 saturated carbocycles. The number of aromatic nitrogens is 2. The van der Waals surface area contributed by atoms with Gasteiger partial charge in [0, 0.05) is 34.7 Å². The van der Waals surface area contributed by atoms with E-state index in [4.69, 9.17) is 0 Å². The fourth-order valence-electron chi connectivity index (χ4n) is 2.90. The molecule has 0 aliphatic rings. The Bertz CT molecular complexity index is 1110. The third-order valence-electron chi connectivity index (χ3n) is 5.13. The van der Waals surface area contributed by atoms with Crippen LogP contribution in [0.1, 0.15) is 35.7 Å². The molecule has 0 aliphatic carbocycles. The Morgan fingerprint density at radius 1 is 1.12 bits per heavy atom. The van der Waals surface area contributed by atoms with Gasteiger partial charge in [-0.1, -0.05) is 12.1 Å². The first-order valence-electron chi connectivity index (χ1n) is 9.61. The topological polar surface area (TPSA) is 125 Å². The van der Waals surface area contributed by atoms with E-state index in [0.29, 0.717) is 5.56 Å². The molecular formula is C21H26FN5O5. The summed E-state index contributed by atoms with van der Waals surface area (Å²) in [6, 6.07) is 5.42. The quantitative estimate of drug-likeness (QED) is 0.637. The van der Waals surface area contributed by atoms with Crippen molar-refractivity contribution in [3.63, 3.8) is 0 Å². The number of hydrogen-bond acceptors (Lipinski definition) is 6. The van der Waals surface area contributed by atoms with Crippen LogP contribution >= 0.6 is 0 Å². The zero-order chi connectivity index (χ0) is 24.4. The van der Waals surface area contributed by atoms with Gasteiger partial charge in [0.1, 0.15) is 11.6 Å². The number of hydrogen-bond donors (Lipinski definition) is 2. The summed E-state index contributed by atoms with van der Waals surface area (Å²) in [6.07, 6.45) is 0. The number of likely N-dealkylation sites (N-methyl/N-ethyl adjacent to an activating group) is 2. The van der Waals surface area contributed by atoms with E-state index in [0.717, 1.165) is 14.4 Å². The van der Waals surface area contributed by atoms with Crippen LogP contribution in [0.25, 0.3) is 0 Å². The standard InChI is InChI=1S/C21H26FN5O5/c1-21(2,27(6)19(32)18(31)25(3)4)20-24-14(15(28)17(30)26(20)5)16(29)23-11-12-7-9-13(22)10-8-12/h7-10,28H,11H2,1-6H3,(H,23,29). The lowest BCUT2D eigenvalue weighted by atomic mass is 10.0. The fourth-order valence-corrected chi connectivity index (χ4v) is 2.90. The predicted molar refractivity (Wildman–Crippen MR) is 113 cm³/mol. The van der Waals surface area contributed by atoms with Gasteiger partial charge in [-0.15, -0.1) is 0 Å². The zero-order valence-corrected chi connectivity index (χ0v) is 18.8. The first-order chi connectivity index (χ1) is 14.8. The lowest BCUT2D eigenvalue weighted by Crippen LogP contribution is -2.51. The maximum atomic E-state index is 13.0. The highest BCUT2D eigenvalue weighted by Crippen LogP contribution is 2.26. The van der Waals surface area contributed by atoms with E-state index in [-0.39, 0.29) is 12.4 Å². The molecule has 0 radical (unpaired) electrons. The summed E-state index contributed by atoms with van der Waals surface area (Å²) in [4.78, 5) is 56.3. The fraction of sp³-hybridized carbons (Fsp3) is 0.381. The molecule has 0 unspecified atom stereocenters. The monoisotopic (exact) mass is 447 g/mol. The second kappa shape index (κ2) is 9.16. The average Bonchev–Trinajstić information content (AvgIpc) is 2.75. The highest BCUT2D eigenvalue weighted by Gasteiger charge is 2.38. The molecule has 10 nitrogen and oxygen atoms in total. The zero-order valence-electron chi connectivity index (χ0n) is 18.8. The van der Waals surface area contributed by atoms with Crippen LogP contribution in [0.4, 0.5) is 4.39 Å². The van der Waals surface area contributed by atoms with Crippen molar-refractivity contribution >= 4 is 17.7 Å². The van der Waals surface area contributed by atoms with Gasteiger partial charge < -0.3 is 20.2 Å². The van der Waals surface area contributed by atoms with Gasteiger partial charge in [0.15, 0.2) is 5.69 Å². The van der Waals surface area contributed by atoms with Gasteiger partial charge in [-0.25, -0.2) is 9.37 Å². The van der Waals surface area contributed by atoms with Crippen LogP contribution in [0.5, 0.6) is 5.75 Å². The Balaban J connectivity index is 2.41. The van der Waals surface area contributed by atoms with Gasteiger partial charge in [-0.3, -0.25) is 23.7 Å². The van der Waals surface area contributed by atoms with Crippen molar-refractivity contribution in [1.29, 1.82) is 0 Å². The Labute approximate surface area is 184 Å². The summed E-state index contributed by atoms with van der Waals surface area (Å²) in [6.45, 7) is 3.10. The third-order valence-corrected chi connectivity index (χ3v) is 5.13. The summed E-state index contributed by atoms with van der Waals surface area (Å²) in [5.41, 5.74) is -2.12. The first-order valence-corrected chi connectivity index (χ1v) is 9.61. The molecular weight excluding hydrogens is 421 g/mol. The molecule has 2 aromatic rings. The second-order valence-corrected chi connectivity index (χ2v) is 7.93. The van der Waals surface area contributed by atoms with Crippen LogP contribution < -0.4 is 10.9 Å². The molecule has 1 aromatic carbocycles. The van der Waals surface area contributed by atoms with Crippen molar-refractivity contribution in [3.05, 3.63) is 57.5 Å². The Morgan fingerprint density at radius 2 is 1.69 bits per heavy atom. The largest absolute Gasteiger partial charge is 0.501 e. The van der Waals surface area contributed by atoms with Crippen LogP contribution in [0, 0.1) is 5.82 Å². The molecule has 172 valence electrons. The number of benzene rings is 1. The second-order valence-electron chi connectivity index (χ2n) is 7.93. The van der Waals surface area contributed by atoms with E-state index in [2.05, 4.69) is 10.3 Å². The summed E-state index contributed by atoms with van der Waals surface area (Å²) in [5.74, 6) is -3.76. The average molecular weight is 447 g/mol. The molecule has 0 saturated heterocycles. The van der Waals surface area contributed by atoms with E-state index < -0.39 is 46.1 Å². The molecule has 32 heavy (non-hydrogen) atoms. The number of nitrogens with zero attached hydrogens (tertiary/aromatic N) is 4. The van der Waals surface area contributed by atoms with E-state index in [1.807, 2.05) is 0 Å². The number of carbonyl (C=O) groups excluding carboxylic acids is 3. The van der Waals surface area contributed by atoms with Crippen molar-refractivity contribution in [2.75, 3.05) is 21.1 Å². The molecule has 11 heteroatoms. The third kappa shape index (κ3) is 4.76. The minimum atomic E-state index is -1.30. The number of amides is 3. The SMILES string of the molecule is CN(C)C(=O)C(=O)N(C)C(C)(C)c1nc(C(=O)NCc2ccc(F)cc2)c(O)c(=O)n1C. The molecule has 0 atom stereocenters. The maximum Gasteiger partial charge on any atom is 0.312 e. The van der Waals surface area contributed by atoms with E-state index in [9.17, 15) is 28.7 Å². The van der Waals surface area contributed by atoms with Crippen molar-refractivity contribution in [2.45, 2.75) is 25.9 Å². The van der Waals surface area contributed by atoms with E-state index in [1.54, 1.807) is 13.8 Å². The van der Waals surface area contributed by atoms with Crippen LogP contribution in [0.3, 0.4) is 0 Å². The van der Waals surface area contributed by atoms with Gasteiger partial charge in [-0.2, -0.15) is 0 Å². The van der Waals surface area contributed by atoms with Gasteiger partial charge >= 0.3 is 11.8 Å². The number of aromatic hydroxyl groups is 1. The molecule has 1 heterocycles. The van der Waals surface area contributed by atoms with Crippen LogP contribution in [0.2, 0.25) is 0 Å². The number of nitrogens with one attached hydrogen (secondary N) is 1. The van der Waals surface area contributed by atoms with Crippen molar-refractivity contribution in [2.24, 2.45) is 7.05 Å². The minimum Gasteiger partial charge on any atom is -0.501 e. The Hall–Kier alpha value is -3.76. The molecule has 0 aliphatic heterocycles. The molecule has 2 rings (SSSR count). The Morgan fingerprint density at radius 3 is 2.22 bits per heavy atom. The number of carbonyl (C=O) groups is 3. The van der Waals surface area contributed by atoms with Gasteiger partial charge in [0.2, 0.25) is 5.75 Å². The maximum absolute atomic E-state index is 13.0. The van der Waals surface area contributed by atoms with Crippen molar-refractivity contribution < 1.29 is 23.9 Å². The van der Waals surface area contributed by atoms with E-state index in [1.165, 1.54) is 52.5 Å². The minimum absolute atomic E-state index is 0.00386. The predicted octanol–water partition coefficient (Wildman–Crippen LogP) is 0.337. The van der Waals surface area contributed by atoms with Crippen molar-refractivity contribution in [3.8, 4) is 5.75 Å². The van der Waals surface area contributed by atoms with Crippen LogP contribution in [-0.2, 0) is 28.7 Å². The van der Waals surface area contributed by atoms with Gasteiger partial charge in [0.05, 0.1) is 5.54 Å². The van der Waals surface area contributed by atoms with Gasteiger partial charge in [-0.05, 0) is 31.5 Å². The number of halogens is 1. The molecule has 3 amide bonds. The highest BCUT2D eigenvalue weighted by atomic mass is 19.1. The molecule has 2 N–H and O–H groups in total. The molecule has 0 fully saturated rings. The summed E-state index contributed by atoms with van der Waals surface area (Å²) >= 11 is 0. The highest BCUT2D eigenvalue weighted by molar-refractivity contribution is 6.34. The lowest BCUT2D eigenvalue weighted by molar-refractivity contribution is -0.152. The number of rotatable bonds is 5.